The van der Waals surface area contributed by atoms with Crippen LogP contribution in [0.25, 0.3) is 22.3 Å². The quantitative estimate of drug-likeness (QED) is 0.568. The van der Waals surface area contributed by atoms with Crippen molar-refractivity contribution < 1.29 is 0 Å². The lowest BCUT2D eigenvalue weighted by atomic mass is 10.1. The molecule has 0 bridgehead atoms. The van der Waals surface area contributed by atoms with E-state index in [-0.39, 0.29) is 0 Å². The summed E-state index contributed by atoms with van der Waals surface area (Å²) in [5.74, 6) is 0.996. The van der Waals surface area contributed by atoms with Crippen LogP contribution < -0.4 is 0 Å². The van der Waals surface area contributed by atoms with Crippen LogP contribution in [-0.2, 0) is 13.1 Å². The van der Waals surface area contributed by atoms with Crippen LogP contribution >= 0.6 is 0 Å². The molecule has 4 rings (SSSR count). The molecule has 0 atom stereocenters. The number of aromatic nitrogens is 5. The first kappa shape index (κ1) is 13.7. The van der Waals surface area contributed by atoms with Gasteiger partial charge in [0, 0.05) is 55.0 Å². The molecule has 0 aliphatic heterocycles. The van der Waals surface area contributed by atoms with Crippen LogP contribution in [0.15, 0.2) is 67.4 Å². The lowest BCUT2D eigenvalue weighted by Gasteiger charge is -2.09. The summed E-state index contributed by atoms with van der Waals surface area (Å²) in [5, 5.41) is 5.37. The van der Waals surface area contributed by atoms with Gasteiger partial charge in [-0.15, -0.1) is 0 Å². The van der Waals surface area contributed by atoms with Crippen LogP contribution in [0.4, 0.5) is 0 Å². The molecule has 114 valence electrons. The van der Waals surface area contributed by atoms with E-state index < -0.39 is 0 Å². The Hall–Kier alpha value is -2.95. The molecule has 4 aromatic rings. The average molecular weight is 303 g/mol. The summed E-state index contributed by atoms with van der Waals surface area (Å²) in [5.41, 5.74) is 2.13. The van der Waals surface area contributed by atoms with Crippen molar-refractivity contribution in [1.29, 1.82) is 0 Å². The Labute approximate surface area is 134 Å². The molecule has 0 saturated carbocycles. The van der Waals surface area contributed by atoms with Gasteiger partial charge in [0.2, 0.25) is 0 Å². The van der Waals surface area contributed by atoms with Crippen LogP contribution in [0.5, 0.6) is 0 Å². The monoisotopic (exact) mass is 303 g/mol. The first-order valence-electron chi connectivity index (χ1n) is 7.74. The molecule has 0 N–H and O–H groups in total. The highest BCUT2D eigenvalue weighted by atomic mass is 15.3. The van der Waals surface area contributed by atoms with E-state index in [0.29, 0.717) is 0 Å². The maximum absolute atomic E-state index is 4.53. The predicted molar refractivity (Wildman–Crippen MR) is 89.8 cm³/mol. The van der Waals surface area contributed by atoms with Gasteiger partial charge < -0.3 is 4.57 Å². The Morgan fingerprint density at radius 3 is 2.78 bits per heavy atom. The summed E-state index contributed by atoms with van der Waals surface area (Å²) in [7, 11) is 0. The number of hydrogen-bond donors (Lipinski definition) is 0. The second kappa shape index (κ2) is 6.04. The largest absolute Gasteiger partial charge is 0.331 e. The molecule has 0 fully saturated rings. The zero-order chi connectivity index (χ0) is 15.5. The lowest BCUT2D eigenvalue weighted by molar-refractivity contribution is 0.529. The SMILES string of the molecule is c1cnc2ccc(-c3nccn3CCCn3cccn3)cc2c1. The molecule has 0 radical (unpaired) electrons. The molecule has 3 heterocycles. The molecular formula is C18H17N5. The van der Waals surface area contributed by atoms with E-state index in [0.717, 1.165) is 41.8 Å². The van der Waals surface area contributed by atoms with Gasteiger partial charge in [0.15, 0.2) is 0 Å². The maximum atomic E-state index is 4.53. The number of imidazole rings is 1. The molecule has 23 heavy (non-hydrogen) atoms. The number of rotatable bonds is 5. The van der Waals surface area contributed by atoms with Crippen molar-refractivity contribution in [3.63, 3.8) is 0 Å². The molecule has 1 aromatic carbocycles. The summed E-state index contributed by atoms with van der Waals surface area (Å²) < 4.78 is 4.15. The fourth-order valence-electron chi connectivity index (χ4n) is 2.80. The molecule has 0 spiro atoms. The molecule has 5 heteroatoms. The fraction of sp³-hybridized carbons (Fsp3) is 0.167. The molecule has 0 amide bonds. The van der Waals surface area contributed by atoms with Crippen molar-refractivity contribution in [2.75, 3.05) is 0 Å². The first-order chi connectivity index (χ1) is 11.4. The predicted octanol–water partition coefficient (Wildman–Crippen LogP) is 3.39. The molecule has 5 nitrogen and oxygen atoms in total. The first-order valence-corrected chi connectivity index (χ1v) is 7.74. The van der Waals surface area contributed by atoms with Crippen molar-refractivity contribution in [3.8, 4) is 11.4 Å². The van der Waals surface area contributed by atoms with Gasteiger partial charge in [-0.2, -0.15) is 5.10 Å². The van der Waals surface area contributed by atoms with E-state index in [1.165, 1.54) is 0 Å². The zero-order valence-corrected chi connectivity index (χ0v) is 12.7. The third-order valence-corrected chi connectivity index (χ3v) is 3.92. The third-order valence-electron chi connectivity index (χ3n) is 3.92. The van der Waals surface area contributed by atoms with Gasteiger partial charge in [0.05, 0.1) is 5.52 Å². The minimum atomic E-state index is 0.909. The van der Waals surface area contributed by atoms with Gasteiger partial charge >= 0.3 is 0 Å². The smallest absolute Gasteiger partial charge is 0.139 e. The average Bonchev–Trinajstić information content (AvgIpc) is 3.26. The van der Waals surface area contributed by atoms with Gasteiger partial charge in [0.25, 0.3) is 0 Å². The summed E-state index contributed by atoms with van der Waals surface area (Å²) >= 11 is 0. The molecule has 0 unspecified atom stereocenters. The van der Waals surface area contributed by atoms with Gasteiger partial charge in [-0.1, -0.05) is 6.07 Å². The third kappa shape index (κ3) is 2.85. The zero-order valence-electron chi connectivity index (χ0n) is 12.7. The summed E-state index contributed by atoms with van der Waals surface area (Å²) in [4.78, 5) is 8.90. The Morgan fingerprint density at radius 2 is 1.87 bits per heavy atom. The van der Waals surface area contributed by atoms with Gasteiger partial charge in [-0.25, -0.2) is 4.98 Å². The molecular weight excluding hydrogens is 286 g/mol. The number of nitrogens with zero attached hydrogens (tertiary/aromatic N) is 5. The van der Waals surface area contributed by atoms with Crippen LogP contribution in [0, 0.1) is 0 Å². The topological polar surface area (TPSA) is 48.5 Å². The molecule has 3 aromatic heterocycles. The molecule has 0 aliphatic carbocycles. The Morgan fingerprint density at radius 1 is 0.870 bits per heavy atom. The van der Waals surface area contributed by atoms with E-state index in [1.807, 2.05) is 53.9 Å². The maximum Gasteiger partial charge on any atom is 0.139 e. The van der Waals surface area contributed by atoms with Crippen molar-refractivity contribution in [3.05, 3.63) is 67.4 Å². The van der Waals surface area contributed by atoms with E-state index in [4.69, 9.17) is 0 Å². The van der Waals surface area contributed by atoms with E-state index >= 15 is 0 Å². The van der Waals surface area contributed by atoms with Crippen LogP contribution in [-0.4, -0.2) is 24.3 Å². The summed E-state index contributed by atoms with van der Waals surface area (Å²) in [6, 6.07) is 12.3. The number of hydrogen-bond acceptors (Lipinski definition) is 3. The van der Waals surface area contributed by atoms with Crippen molar-refractivity contribution in [2.24, 2.45) is 0 Å². The van der Waals surface area contributed by atoms with E-state index in [1.54, 1.807) is 0 Å². The number of pyridine rings is 1. The highest BCUT2D eigenvalue weighted by molar-refractivity contribution is 5.83. The minimum Gasteiger partial charge on any atom is -0.331 e. The molecule has 0 aliphatic rings. The molecule has 0 saturated heterocycles. The van der Waals surface area contributed by atoms with E-state index in [2.05, 4.69) is 37.8 Å². The summed E-state index contributed by atoms with van der Waals surface area (Å²) in [6.45, 7) is 1.83. The van der Waals surface area contributed by atoms with Gasteiger partial charge in [-0.05, 0) is 36.8 Å². The van der Waals surface area contributed by atoms with Crippen LogP contribution in [0.2, 0.25) is 0 Å². The van der Waals surface area contributed by atoms with Gasteiger partial charge in [0.1, 0.15) is 5.82 Å². The number of aryl methyl sites for hydroxylation is 2. The number of benzene rings is 1. The van der Waals surface area contributed by atoms with Crippen molar-refractivity contribution >= 4 is 10.9 Å². The Kier molecular flexibility index (Phi) is 3.60. The lowest BCUT2D eigenvalue weighted by Crippen LogP contribution is -2.05. The van der Waals surface area contributed by atoms with Crippen molar-refractivity contribution in [1.82, 2.24) is 24.3 Å². The van der Waals surface area contributed by atoms with Gasteiger partial charge in [-0.3, -0.25) is 9.67 Å². The highest BCUT2D eigenvalue weighted by Gasteiger charge is 2.07. The second-order valence-corrected chi connectivity index (χ2v) is 5.48. The number of fused-ring (bicyclic) bond motifs is 1. The standard InChI is InChI=1S/C18H17N5/c1-4-15-14-16(5-6-17(15)19-7-1)18-20-9-13-22(18)10-3-12-23-11-2-8-21-23/h1-2,4-9,11,13-14H,3,10,12H2. The van der Waals surface area contributed by atoms with Crippen molar-refractivity contribution in [2.45, 2.75) is 19.5 Å². The van der Waals surface area contributed by atoms with E-state index in [9.17, 15) is 0 Å². The normalized spacial score (nSPS) is 11.1. The summed E-state index contributed by atoms with van der Waals surface area (Å²) in [6.07, 6.45) is 10.5. The van der Waals surface area contributed by atoms with Crippen LogP contribution in [0.3, 0.4) is 0 Å². The Balaban J connectivity index is 1.55. The highest BCUT2D eigenvalue weighted by Crippen LogP contribution is 2.22. The minimum absolute atomic E-state index is 0.909. The second-order valence-electron chi connectivity index (χ2n) is 5.48. The fourth-order valence-corrected chi connectivity index (χ4v) is 2.80. The van der Waals surface area contributed by atoms with Crippen LogP contribution in [0.1, 0.15) is 6.42 Å². The Bertz CT molecular complexity index is 908.